The van der Waals surface area contributed by atoms with Crippen LogP contribution in [-0.4, -0.2) is 34.9 Å². The summed E-state index contributed by atoms with van der Waals surface area (Å²) in [5.74, 6) is -0.424. The molecule has 0 fully saturated rings. The number of esters is 1. The van der Waals surface area contributed by atoms with Crippen molar-refractivity contribution < 1.29 is 14.3 Å². The van der Waals surface area contributed by atoms with Gasteiger partial charge in [-0.1, -0.05) is 38.8 Å². The van der Waals surface area contributed by atoms with Gasteiger partial charge in [-0.3, -0.25) is 4.79 Å². The largest absolute Gasteiger partial charge is 0.461 e. The third-order valence-corrected chi connectivity index (χ3v) is 5.25. The van der Waals surface area contributed by atoms with Crippen molar-refractivity contribution in [3.8, 4) is 0 Å². The molecule has 1 aromatic heterocycles. The van der Waals surface area contributed by atoms with E-state index in [-0.39, 0.29) is 5.91 Å². The molecule has 0 atom stereocenters. The molecule has 2 rings (SSSR count). The number of amides is 1. The second-order valence-electron chi connectivity index (χ2n) is 6.73. The molecule has 0 unspecified atom stereocenters. The molecule has 2 aromatic rings. The number of hydrogen-bond donors (Lipinski definition) is 0. The van der Waals surface area contributed by atoms with Gasteiger partial charge in [-0.2, -0.15) is 0 Å². The van der Waals surface area contributed by atoms with E-state index in [0.717, 1.165) is 17.8 Å². The van der Waals surface area contributed by atoms with Gasteiger partial charge in [-0.25, -0.2) is 9.78 Å². The number of carbonyl (C=O) groups is 2. The number of aromatic nitrogens is 1. The van der Waals surface area contributed by atoms with E-state index in [2.05, 4.69) is 24.0 Å². The molecular weight excluding hydrogens is 372 g/mol. The first-order valence-electron chi connectivity index (χ1n) is 10.1. The Labute approximate surface area is 171 Å². The maximum atomic E-state index is 13.0. The van der Waals surface area contributed by atoms with Gasteiger partial charge in [0.15, 0.2) is 5.69 Å². The van der Waals surface area contributed by atoms with E-state index in [1.165, 1.54) is 36.2 Å². The lowest BCUT2D eigenvalue weighted by Crippen LogP contribution is -2.31. The lowest BCUT2D eigenvalue weighted by Gasteiger charge is -2.21. The van der Waals surface area contributed by atoms with Crippen LogP contribution >= 0.6 is 11.3 Å². The molecule has 5 nitrogen and oxygen atoms in total. The van der Waals surface area contributed by atoms with Crippen LogP contribution in [-0.2, 0) is 17.7 Å². The monoisotopic (exact) mass is 402 g/mol. The number of aryl methyl sites for hydroxylation is 1. The summed E-state index contributed by atoms with van der Waals surface area (Å²) >= 11 is 1.38. The van der Waals surface area contributed by atoms with E-state index in [1.807, 2.05) is 19.1 Å². The first-order valence-corrected chi connectivity index (χ1v) is 11.0. The van der Waals surface area contributed by atoms with Crippen LogP contribution in [0.2, 0.25) is 0 Å². The lowest BCUT2D eigenvalue weighted by atomic mass is 10.0. The highest BCUT2D eigenvalue weighted by molar-refractivity contribution is 7.09. The number of hydrogen-bond acceptors (Lipinski definition) is 5. The molecule has 6 heteroatoms. The van der Waals surface area contributed by atoms with Gasteiger partial charge in [0.25, 0.3) is 5.91 Å². The van der Waals surface area contributed by atoms with Crippen LogP contribution in [0, 0.1) is 0 Å². The van der Waals surface area contributed by atoms with Crippen LogP contribution in [0.25, 0.3) is 0 Å². The smallest absolute Gasteiger partial charge is 0.357 e. The molecule has 0 aliphatic rings. The Morgan fingerprint density at radius 3 is 2.46 bits per heavy atom. The van der Waals surface area contributed by atoms with Crippen LogP contribution in [0.4, 0.5) is 0 Å². The third-order valence-electron chi connectivity index (χ3n) is 4.41. The van der Waals surface area contributed by atoms with Gasteiger partial charge in [-0.15, -0.1) is 11.3 Å². The second kappa shape index (κ2) is 11.6. The molecule has 1 amide bonds. The molecule has 0 saturated heterocycles. The molecule has 152 valence electrons. The average molecular weight is 403 g/mol. The minimum Gasteiger partial charge on any atom is -0.461 e. The molecule has 1 aromatic carbocycles. The number of benzene rings is 1. The maximum absolute atomic E-state index is 13.0. The number of rotatable bonds is 11. The zero-order chi connectivity index (χ0) is 20.4. The topological polar surface area (TPSA) is 59.5 Å². The summed E-state index contributed by atoms with van der Waals surface area (Å²) in [6.07, 6.45) is 5.52. The zero-order valence-corrected chi connectivity index (χ0v) is 17.9. The first-order chi connectivity index (χ1) is 13.6. The van der Waals surface area contributed by atoms with Gasteiger partial charge < -0.3 is 9.64 Å². The van der Waals surface area contributed by atoms with Crippen LogP contribution in [0.3, 0.4) is 0 Å². The number of thiazole rings is 1. The minimum absolute atomic E-state index is 0.00478. The van der Waals surface area contributed by atoms with E-state index in [4.69, 9.17) is 4.74 Å². The van der Waals surface area contributed by atoms with Crippen molar-refractivity contribution in [2.24, 2.45) is 0 Å². The summed E-state index contributed by atoms with van der Waals surface area (Å²) in [4.78, 5) is 30.9. The predicted octanol–water partition coefficient (Wildman–Crippen LogP) is 5.10. The lowest BCUT2D eigenvalue weighted by molar-refractivity contribution is 0.0520. The summed E-state index contributed by atoms with van der Waals surface area (Å²) in [6, 6.07) is 7.93. The normalized spacial score (nSPS) is 10.7. The molecule has 0 bridgehead atoms. The Bertz CT molecular complexity index is 755. The van der Waals surface area contributed by atoms with Gasteiger partial charge in [0, 0.05) is 17.5 Å². The van der Waals surface area contributed by atoms with Gasteiger partial charge in [0.1, 0.15) is 5.01 Å². The maximum Gasteiger partial charge on any atom is 0.357 e. The van der Waals surface area contributed by atoms with Crippen LogP contribution < -0.4 is 0 Å². The summed E-state index contributed by atoms with van der Waals surface area (Å²) in [7, 11) is 0. The van der Waals surface area contributed by atoms with Crippen molar-refractivity contribution in [1.29, 1.82) is 0 Å². The summed E-state index contributed by atoms with van der Waals surface area (Å²) in [5.41, 5.74) is 2.27. The number of ether oxygens (including phenoxy) is 1. The highest BCUT2D eigenvalue weighted by Gasteiger charge is 2.18. The molecule has 28 heavy (non-hydrogen) atoms. The molecule has 0 radical (unpaired) electrons. The van der Waals surface area contributed by atoms with Crippen molar-refractivity contribution in [3.63, 3.8) is 0 Å². The van der Waals surface area contributed by atoms with Crippen molar-refractivity contribution >= 4 is 23.2 Å². The zero-order valence-electron chi connectivity index (χ0n) is 17.1. The van der Waals surface area contributed by atoms with Crippen molar-refractivity contribution in [1.82, 2.24) is 9.88 Å². The van der Waals surface area contributed by atoms with E-state index in [0.29, 0.717) is 31.0 Å². The van der Waals surface area contributed by atoms with E-state index >= 15 is 0 Å². The number of nitrogens with zero attached hydrogens (tertiary/aromatic N) is 2. The Balaban J connectivity index is 2.04. The molecular formula is C22H30N2O3S. The van der Waals surface area contributed by atoms with E-state index in [9.17, 15) is 9.59 Å². The van der Waals surface area contributed by atoms with E-state index < -0.39 is 5.97 Å². The third kappa shape index (κ3) is 6.44. The Hall–Kier alpha value is -2.21. The Morgan fingerprint density at radius 2 is 1.82 bits per heavy atom. The molecule has 0 spiro atoms. The van der Waals surface area contributed by atoms with Gasteiger partial charge in [-0.05, 0) is 43.9 Å². The SMILES string of the molecule is CCCCCc1ccc(C(=O)N(CCC)Cc2nc(C(=O)OCC)cs2)cc1. The highest BCUT2D eigenvalue weighted by atomic mass is 32.1. The van der Waals surface area contributed by atoms with Crippen molar-refractivity contribution in [3.05, 3.63) is 51.5 Å². The minimum atomic E-state index is -0.419. The molecule has 0 aliphatic heterocycles. The summed E-state index contributed by atoms with van der Waals surface area (Å²) in [6.45, 7) is 7.37. The fraction of sp³-hybridized carbons (Fsp3) is 0.500. The van der Waals surface area contributed by atoms with Gasteiger partial charge in [0.05, 0.1) is 13.2 Å². The van der Waals surface area contributed by atoms with E-state index in [1.54, 1.807) is 17.2 Å². The predicted molar refractivity (Wildman–Crippen MR) is 113 cm³/mol. The highest BCUT2D eigenvalue weighted by Crippen LogP contribution is 2.17. The Kier molecular flexibility index (Phi) is 9.14. The summed E-state index contributed by atoms with van der Waals surface area (Å²) in [5, 5.41) is 2.42. The average Bonchev–Trinajstić information content (AvgIpc) is 3.17. The molecule has 0 N–H and O–H groups in total. The van der Waals surface area contributed by atoms with Crippen LogP contribution in [0.1, 0.15) is 77.9 Å². The quantitative estimate of drug-likeness (QED) is 0.387. The fourth-order valence-electron chi connectivity index (χ4n) is 2.94. The van der Waals surface area contributed by atoms with Crippen molar-refractivity contribution in [2.45, 2.75) is 59.4 Å². The summed E-state index contributed by atoms with van der Waals surface area (Å²) < 4.78 is 4.98. The first kappa shape index (κ1) is 22.1. The van der Waals surface area contributed by atoms with Gasteiger partial charge in [0.2, 0.25) is 0 Å². The van der Waals surface area contributed by atoms with Crippen molar-refractivity contribution in [2.75, 3.05) is 13.2 Å². The Morgan fingerprint density at radius 1 is 1.07 bits per heavy atom. The molecule has 0 saturated carbocycles. The molecule has 0 aliphatic carbocycles. The number of carbonyl (C=O) groups excluding carboxylic acids is 2. The van der Waals surface area contributed by atoms with Crippen LogP contribution in [0.15, 0.2) is 29.6 Å². The van der Waals surface area contributed by atoms with Crippen LogP contribution in [0.5, 0.6) is 0 Å². The number of unbranched alkanes of at least 4 members (excludes halogenated alkanes) is 2. The van der Waals surface area contributed by atoms with Gasteiger partial charge >= 0.3 is 5.97 Å². The fourth-order valence-corrected chi connectivity index (χ4v) is 3.72. The second-order valence-corrected chi connectivity index (χ2v) is 7.67. The standard InChI is InChI=1S/C22H30N2O3S/c1-4-7-8-9-17-10-12-18(13-11-17)21(25)24(14-5-2)15-20-23-19(16-28-20)22(26)27-6-3/h10-13,16H,4-9,14-15H2,1-3H3. The molecule has 1 heterocycles.